The number of aryl methyl sites for hydroxylation is 2. The van der Waals surface area contributed by atoms with Gasteiger partial charge in [-0.1, -0.05) is 19.1 Å². The Morgan fingerprint density at radius 1 is 1.08 bits per heavy atom. The molecular formula is C35H30F5N6O4S+. The van der Waals surface area contributed by atoms with Crippen LogP contribution in [0.4, 0.5) is 22.0 Å². The van der Waals surface area contributed by atoms with Crippen molar-refractivity contribution in [1.82, 2.24) is 14.8 Å². The first-order valence-electron chi connectivity index (χ1n) is 15.3. The van der Waals surface area contributed by atoms with E-state index >= 15 is 4.39 Å². The van der Waals surface area contributed by atoms with Crippen LogP contribution < -0.4 is 15.0 Å². The highest BCUT2D eigenvalue weighted by Crippen LogP contribution is 2.45. The second kappa shape index (κ2) is 14.8. The molecule has 0 saturated carbocycles. The minimum Gasteiger partial charge on any atom is -0.443 e. The largest absolute Gasteiger partial charge is 0.490 e. The maximum Gasteiger partial charge on any atom is 0.490 e. The van der Waals surface area contributed by atoms with Gasteiger partial charge in [0.15, 0.2) is 5.60 Å². The molecule has 0 radical (unpaired) electrons. The van der Waals surface area contributed by atoms with Crippen LogP contribution in [0.5, 0.6) is 5.75 Å². The van der Waals surface area contributed by atoms with Gasteiger partial charge < -0.3 is 15.2 Å². The van der Waals surface area contributed by atoms with Gasteiger partial charge in [-0.15, -0.1) is 16.0 Å². The molecule has 5 rings (SSSR count). The number of rotatable bonds is 11. The van der Waals surface area contributed by atoms with Crippen molar-refractivity contribution in [2.75, 3.05) is 6.54 Å². The van der Waals surface area contributed by atoms with Gasteiger partial charge in [0.1, 0.15) is 28.9 Å². The van der Waals surface area contributed by atoms with Crippen LogP contribution >= 0.6 is 11.3 Å². The number of nitrogens with two attached hydrogens (primary N) is 1. The van der Waals surface area contributed by atoms with Gasteiger partial charge in [0, 0.05) is 27.7 Å². The SMILES string of the molecule is Cc1cc(C[n+]2cnn(CC(OC(=O)C(F)(F)F)(c3ccc(F)cc3F)C(C)c3nc(-c4ccc(C#N)cc4)cs3)c2)cc(C)c1OC(=O)CN. The number of esters is 2. The Morgan fingerprint density at radius 2 is 1.76 bits per heavy atom. The molecule has 51 heavy (non-hydrogen) atoms. The first-order valence-corrected chi connectivity index (χ1v) is 16.2. The van der Waals surface area contributed by atoms with Gasteiger partial charge in [0.25, 0.3) is 6.33 Å². The molecule has 264 valence electrons. The van der Waals surface area contributed by atoms with Gasteiger partial charge >= 0.3 is 18.1 Å². The monoisotopic (exact) mass is 725 g/mol. The summed E-state index contributed by atoms with van der Waals surface area (Å²) in [6.07, 6.45) is -2.66. The van der Waals surface area contributed by atoms with Gasteiger partial charge in [-0.2, -0.15) is 18.4 Å². The lowest BCUT2D eigenvalue weighted by molar-refractivity contribution is -0.689. The van der Waals surface area contributed by atoms with Gasteiger partial charge in [0.2, 0.25) is 6.33 Å². The number of hydrogen-bond donors (Lipinski definition) is 1. The number of carbonyl (C=O) groups excluding carboxylic acids is 2. The van der Waals surface area contributed by atoms with Crippen LogP contribution in [0.15, 0.2) is 72.6 Å². The maximum atomic E-state index is 15.7. The summed E-state index contributed by atoms with van der Waals surface area (Å²) in [5.74, 6) is -6.32. The Labute approximate surface area is 292 Å². The molecule has 2 unspecified atom stereocenters. The molecule has 0 aliphatic carbocycles. The Hall–Kier alpha value is -5.53. The molecule has 5 aromatic rings. The number of thiazole rings is 1. The van der Waals surface area contributed by atoms with Crippen molar-refractivity contribution in [3.8, 4) is 23.1 Å². The first-order chi connectivity index (χ1) is 24.1. The number of aromatic nitrogens is 4. The average Bonchev–Trinajstić information content (AvgIpc) is 3.75. The zero-order chi connectivity index (χ0) is 37.1. The summed E-state index contributed by atoms with van der Waals surface area (Å²) >= 11 is 1.04. The Kier molecular flexibility index (Phi) is 10.6. The van der Waals surface area contributed by atoms with Crippen molar-refractivity contribution in [2.45, 2.75) is 51.6 Å². The molecule has 0 amide bonds. The smallest absolute Gasteiger partial charge is 0.443 e. The number of nitriles is 1. The van der Waals surface area contributed by atoms with Crippen molar-refractivity contribution in [3.05, 3.63) is 117 Å². The molecule has 0 bridgehead atoms. The molecule has 0 fully saturated rings. The van der Waals surface area contributed by atoms with E-state index in [1.54, 1.807) is 60.2 Å². The summed E-state index contributed by atoms with van der Waals surface area (Å²) in [7, 11) is 0. The van der Waals surface area contributed by atoms with Crippen LogP contribution in [0.3, 0.4) is 0 Å². The molecule has 0 saturated heterocycles. The summed E-state index contributed by atoms with van der Waals surface area (Å²) in [5, 5.41) is 15.2. The van der Waals surface area contributed by atoms with E-state index in [0.29, 0.717) is 39.8 Å². The molecule has 3 aromatic carbocycles. The topological polar surface area (TPSA) is 137 Å². The summed E-state index contributed by atoms with van der Waals surface area (Å²) in [4.78, 5) is 29.0. The number of benzene rings is 3. The van der Waals surface area contributed by atoms with Crippen LogP contribution in [0.25, 0.3) is 11.3 Å². The molecule has 16 heteroatoms. The van der Waals surface area contributed by atoms with E-state index < -0.39 is 53.4 Å². The molecule has 2 heterocycles. The van der Waals surface area contributed by atoms with Crippen molar-refractivity contribution >= 4 is 23.3 Å². The van der Waals surface area contributed by atoms with Crippen LogP contribution in [0.2, 0.25) is 0 Å². The number of alkyl halides is 3. The third-order valence-electron chi connectivity index (χ3n) is 8.09. The van der Waals surface area contributed by atoms with E-state index in [-0.39, 0.29) is 18.1 Å². The van der Waals surface area contributed by atoms with Crippen LogP contribution in [-0.2, 0) is 33.0 Å². The lowest BCUT2D eigenvalue weighted by atomic mass is 9.81. The quantitative estimate of drug-likeness (QED) is 0.0784. The molecule has 0 spiro atoms. The Bertz CT molecular complexity index is 2100. The minimum atomic E-state index is -5.47. The van der Waals surface area contributed by atoms with Gasteiger partial charge in [-0.3, -0.25) is 4.79 Å². The number of nitrogens with zero attached hydrogens (tertiary/aromatic N) is 5. The van der Waals surface area contributed by atoms with Gasteiger partial charge in [-0.05, 0) is 66.9 Å². The molecule has 2 atom stereocenters. The highest BCUT2D eigenvalue weighted by atomic mass is 32.1. The standard InChI is InChI=1S/C35H30F5N6O4S/c1-20-10-24(11-21(2)31(20)49-30(47)14-42)15-45-18-43-46(19-45)17-34(50-33(48)35(38,39)40,27-9-8-26(36)12-28(27)37)22(3)32-44-29(16-51-32)25-6-4-23(13-41)5-7-25/h4-12,16,18-19,22H,14-15,17,42H2,1-3H3/q+1. The Balaban J connectivity index is 1.56. The third kappa shape index (κ3) is 8.11. The van der Waals surface area contributed by atoms with Crippen LogP contribution in [-0.4, -0.2) is 39.4 Å². The van der Waals surface area contributed by atoms with Crippen molar-refractivity contribution in [2.24, 2.45) is 5.73 Å². The number of halogens is 5. The zero-order valence-corrected chi connectivity index (χ0v) is 28.2. The first kappa shape index (κ1) is 36.7. The summed E-state index contributed by atoms with van der Waals surface area (Å²) in [5.41, 5.74) is 5.86. The van der Waals surface area contributed by atoms with Crippen molar-refractivity contribution < 1.29 is 45.6 Å². The molecule has 0 aliphatic heterocycles. The number of ether oxygens (including phenoxy) is 2. The van der Waals surface area contributed by atoms with Gasteiger partial charge in [-0.25, -0.2) is 23.1 Å². The second-order valence-electron chi connectivity index (χ2n) is 11.7. The number of hydrogen-bond acceptors (Lipinski definition) is 9. The van der Waals surface area contributed by atoms with E-state index in [0.717, 1.165) is 29.0 Å². The zero-order valence-electron chi connectivity index (χ0n) is 27.4. The van der Waals surface area contributed by atoms with E-state index in [9.17, 15) is 27.2 Å². The highest BCUT2D eigenvalue weighted by molar-refractivity contribution is 7.10. The number of carbonyl (C=O) groups is 2. The molecular weight excluding hydrogens is 695 g/mol. The van der Waals surface area contributed by atoms with E-state index in [2.05, 4.69) is 10.1 Å². The fourth-order valence-electron chi connectivity index (χ4n) is 5.65. The van der Waals surface area contributed by atoms with Gasteiger partial charge in [0.05, 0.1) is 36.3 Å². The summed E-state index contributed by atoms with van der Waals surface area (Å²) in [6.45, 7) is 4.20. The summed E-state index contributed by atoms with van der Waals surface area (Å²) < 4.78 is 84.8. The lowest BCUT2D eigenvalue weighted by Gasteiger charge is -2.36. The van der Waals surface area contributed by atoms with Crippen LogP contribution in [0, 0.1) is 36.8 Å². The molecule has 10 nitrogen and oxygen atoms in total. The maximum absolute atomic E-state index is 15.7. The predicted octanol–water partition coefficient (Wildman–Crippen LogP) is 5.78. The van der Waals surface area contributed by atoms with E-state index in [4.69, 9.17) is 20.5 Å². The summed E-state index contributed by atoms with van der Waals surface area (Å²) in [6, 6.07) is 14.3. The van der Waals surface area contributed by atoms with Crippen molar-refractivity contribution in [1.29, 1.82) is 5.26 Å². The normalized spacial score (nSPS) is 13.3. The van der Waals surface area contributed by atoms with Crippen LogP contribution in [0.1, 0.15) is 45.7 Å². The second-order valence-corrected chi connectivity index (χ2v) is 12.6. The highest BCUT2D eigenvalue weighted by Gasteiger charge is 2.53. The molecule has 0 aliphatic rings. The van der Waals surface area contributed by atoms with E-state index in [1.165, 1.54) is 24.3 Å². The van der Waals surface area contributed by atoms with Crippen molar-refractivity contribution in [3.63, 3.8) is 0 Å². The van der Waals surface area contributed by atoms with E-state index in [1.807, 2.05) is 6.07 Å². The minimum absolute atomic E-state index is 0.175. The lowest BCUT2D eigenvalue weighted by Crippen LogP contribution is -2.45. The molecule has 2 aromatic heterocycles. The third-order valence-corrected chi connectivity index (χ3v) is 9.12. The predicted molar refractivity (Wildman–Crippen MR) is 173 cm³/mol. The fourth-order valence-corrected chi connectivity index (χ4v) is 6.61. The fraction of sp³-hybridized carbons (Fsp3) is 0.257. The molecule has 2 N–H and O–H groups in total. The average molecular weight is 726 g/mol. The Morgan fingerprint density at radius 3 is 2.37 bits per heavy atom.